The molecule has 3 heteroatoms. The first kappa shape index (κ1) is 5.66. The van der Waals surface area contributed by atoms with Crippen molar-refractivity contribution < 1.29 is 0 Å². The second-order valence-electron chi connectivity index (χ2n) is 0.919. The minimum absolute atomic E-state index is 0.341. The average molecular weight is 111 g/mol. The van der Waals surface area contributed by atoms with Crippen LogP contribution in [0, 0.1) is 0 Å². The van der Waals surface area contributed by atoms with Crippen LogP contribution in [-0.4, -0.2) is 12.5 Å². The standard InChI is InChI=1S/C2H8NS2/c1-5(2)3-4/h3-4H,1-2H3/q+1/p+1. The molecule has 5 heavy (non-hydrogen) atoms. The van der Waals surface area contributed by atoms with E-state index in [0.717, 1.165) is 0 Å². The van der Waals surface area contributed by atoms with E-state index < -0.39 is 0 Å². The van der Waals surface area contributed by atoms with Crippen molar-refractivity contribution in [3.63, 3.8) is 0 Å². The van der Waals surface area contributed by atoms with E-state index in [0.29, 0.717) is 11.1 Å². The molecule has 0 aliphatic heterocycles. The zero-order chi connectivity index (χ0) is 4.28. The van der Waals surface area contributed by atoms with Gasteiger partial charge in [-0.1, -0.05) is 0 Å². The number of rotatable bonds is 1. The van der Waals surface area contributed by atoms with Crippen molar-refractivity contribution in [2.45, 2.75) is 0 Å². The lowest BCUT2D eigenvalue weighted by Crippen LogP contribution is -2.12. The summed E-state index contributed by atoms with van der Waals surface area (Å²) in [7, 11) is 0. The fourth-order valence-electron chi connectivity index (χ4n) is 0. The number of hydrogen-bond acceptors (Lipinski definition) is 1. The molecule has 0 rings (SSSR count). The van der Waals surface area contributed by atoms with Crippen LogP contribution in [0.3, 0.4) is 0 Å². The minimum Gasteiger partial charge on any atom is 0.0352 e. The lowest BCUT2D eigenvalue weighted by Gasteiger charge is -1.75. The maximum absolute atomic E-state index is 3.12. The first-order chi connectivity index (χ1) is 2.27. The van der Waals surface area contributed by atoms with Gasteiger partial charge in [0, 0.05) is 4.13 Å². The molecule has 0 atom stereocenters. The smallest absolute Gasteiger partial charge is 0.0352 e. The van der Waals surface area contributed by atoms with Crippen molar-refractivity contribution in [2.24, 2.45) is 0 Å². The van der Waals surface area contributed by atoms with E-state index in [1.807, 2.05) is 0 Å². The summed E-state index contributed by atoms with van der Waals surface area (Å²) in [6.45, 7) is 0. The quantitative estimate of drug-likeness (QED) is 0.441. The highest BCUT2D eigenvalue weighted by Gasteiger charge is 1.94. The van der Waals surface area contributed by atoms with Gasteiger partial charge in [0.2, 0.25) is 0 Å². The van der Waals surface area contributed by atoms with Gasteiger partial charge in [-0.15, -0.1) is 0 Å². The van der Waals surface area contributed by atoms with Gasteiger partial charge in [0.25, 0.3) is 0 Å². The maximum atomic E-state index is 3.12. The predicted molar refractivity (Wildman–Crippen MR) is 32.5 cm³/mol. The Labute approximate surface area is 41.2 Å². The lowest BCUT2D eigenvalue weighted by atomic mass is 11.9. The molecule has 1 nitrogen and oxygen atoms in total. The van der Waals surface area contributed by atoms with E-state index in [2.05, 4.69) is 29.5 Å². The summed E-state index contributed by atoms with van der Waals surface area (Å²) in [6.07, 6.45) is 4.18. The fourth-order valence-corrected chi connectivity index (χ4v) is 0. The van der Waals surface area contributed by atoms with Crippen LogP contribution in [0.1, 0.15) is 0 Å². The molecular weight excluding hydrogens is 102 g/mol. The third kappa shape index (κ3) is 4.66. The van der Waals surface area contributed by atoms with Crippen molar-refractivity contribution in [1.82, 2.24) is 4.13 Å². The van der Waals surface area contributed by atoms with Gasteiger partial charge in [0.05, 0.1) is 12.8 Å². The van der Waals surface area contributed by atoms with Crippen molar-refractivity contribution in [1.29, 1.82) is 0 Å². The maximum Gasteiger partial charge on any atom is 0.121 e. The van der Waals surface area contributed by atoms with Crippen LogP contribution in [0.15, 0.2) is 0 Å². The Morgan fingerprint density at radius 1 is 1.60 bits per heavy atom. The Bertz CT molecular complexity index is 21.6. The van der Waals surface area contributed by atoms with Gasteiger partial charge in [-0.3, -0.25) is 0 Å². The molecule has 0 spiro atoms. The van der Waals surface area contributed by atoms with Crippen molar-refractivity contribution in [3.05, 3.63) is 0 Å². The summed E-state index contributed by atoms with van der Waals surface area (Å²) in [5, 5.41) is 0. The number of hydrogen-bond donors (Lipinski definition) is 1. The molecule has 0 aromatic heterocycles. The zero-order valence-corrected chi connectivity index (χ0v) is 5.22. The van der Waals surface area contributed by atoms with Crippen LogP contribution in [-0.2, 0) is 23.9 Å². The van der Waals surface area contributed by atoms with Crippen LogP contribution in [0.2, 0.25) is 0 Å². The SMILES string of the molecule is C[S+](C)N[SH2+]. The molecule has 0 bridgehead atoms. The summed E-state index contributed by atoms with van der Waals surface area (Å²) in [5.41, 5.74) is 0. The summed E-state index contributed by atoms with van der Waals surface area (Å²) in [4.78, 5) is 0. The summed E-state index contributed by atoms with van der Waals surface area (Å²) in [6, 6.07) is 0. The summed E-state index contributed by atoms with van der Waals surface area (Å²) >= 11 is 3.46. The van der Waals surface area contributed by atoms with Crippen LogP contribution in [0.25, 0.3) is 0 Å². The molecule has 0 heterocycles. The molecule has 0 aliphatic carbocycles. The molecular formula is C2H9NS2+2. The Hall–Kier alpha value is 0.660. The van der Waals surface area contributed by atoms with Crippen molar-refractivity contribution in [2.75, 3.05) is 12.5 Å². The monoisotopic (exact) mass is 111 g/mol. The summed E-state index contributed by atoms with van der Waals surface area (Å²) in [5.74, 6) is 0. The van der Waals surface area contributed by atoms with E-state index in [1.165, 1.54) is 0 Å². The van der Waals surface area contributed by atoms with Crippen LogP contribution in [0.4, 0.5) is 0 Å². The average Bonchev–Trinajstić information content (AvgIpc) is 1.38. The topological polar surface area (TPSA) is 12.0 Å². The van der Waals surface area contributed by atoms with E-state index in [1.54, 1.807) is 0 Å². The van der Waals surface area contributed by atoms with Gasteiger partial charge in [-0.2, -0.15) is 0 Å². The first-order valence-electron chi connectivity index (χ1n) is 1.27. The van der Waals surface area contributed by atoms with Crippen LogP contribution in [0.5, 0.6) is 0 Å². The van der Waals surface area contributed by atoms with Crippen LogP contribution >= 0.6 is 0 Å². The largest absolute Gasteiger partial charge is 0.121 e. The molecule has 0 aromatic rings. The van der Waals surface area contributed by atoms with Crippen molar-refractivity contribution in [3.8, 4) is 0 Å². The first-order valence-corrected chi connectivity index (χ1v) is 3.81. The molecule has 0 saturated heterocycles. The van der Waals surface area contributed by atoms with Gasteiger partial charge in [0.15, 0.2) is 0 Å². The molecule has 0 fully saturated rings. The molecule has 32 valence electrons. The molecule has 0 aliphatic rings. The third-order valence-electron chi connectivity index (χ3n) is 0.204. The van der Waals surface area contributed by atoms with Crippen LogP contribution < -0.4 is 4.13 Å². The second-order valence-corrected chi connectivity index (χ2v) is 3.37. The highest BCUT2D eigenvalue weighted by atomic mass is 32.2. The van der Waals surface area contributed by atoms with Gasteiger partial charge in [-0.25, -0.2) is 0 Å². The second kappa shape index (κ2) is 2.87. The molecule has 0 unspecified atom stereocenters. The third-order valence-corrected chi connectivity index (χ3v) is 1.84. The molecule has 0 saturated carbocycles. The molecule has 0 amide bonds. The van der Waals surface area contributed by atoms with E-state index in [4.69, 9.17) is 0 Å². The number of nitrogens with one attached hydrogen (secondary N) is 1. The molecule has 0 radical (unpaired) electrons. The van der Waals surface area contributed by atoms with Gasteiger partial charge in [-0.05, 0) is 0 Å². The lowest BCUT2D eigenvalue weighted by molar-refractivity contribution is 1.73. The Morgan fingerprint density at radius 3 is 1.80 bits per heavy atom. The van der Waals surface area contributed by atoms with Gasteiger partial charge < -0.3 is 0 Å². The summed E-state index contributed by atoms with van der Waals surface area (Å²) < 4.78 is 2.86. The van der Waals surface area contributed by atoms with Gasteiger partial charge >= 0.3 is 0 Å². The highest BCUT2D eigenvalue weighted by Crippen LogP contribution is 1.65. The molecule has 0 aromatic carbocycles. The van der Waals surface area contributed by atoms with E-state index in [-0.39, 0.29) is 0 Å². The Morgan fingerprint density at radius 2 is 1.80 bits per heavy atom. The van der Waals surface area contributed by atoms with Crippen molar-refractivity contribution >= 4 is 23.9 Å². The normalized spacial score (nSPS) is 9.60. The Kier molecular flexibility index (Phi) is 3.25. The fraction of sp³-hybridized carbons (Fsp3) is 1.00. The Balaban J connectivity index is 2.54. The van der Waals surface area contributed by atoms with Gasteiger partial charge in [0.1, 0.15) is 23.6 Å². The highest BCUT2D eigenvalue weighted by molar-refractivity contribution is 7.99. The van der Waals surface area contributed by atoms with E-state index >= 15 is 0 Å². The zero-order valence-electron chi connectivity index (χ0n) is 3.41. The predicted octanol–water partition coefficient (Wildman–Crippen LogP) is -0.705. The molecule has 1 N–H and O–H groups in total. The minimum atomic E-state index is 0.341. The van der Waals surface area contributed by atoms with E-state index in [9.17, 15) is 0 Å².